The predicted molar refractivity (Wildman–Crippen MR) is 68.4 cm³/mol. The van der Waals surface area contributed by atoms with Crippen LogP contribution >= 0.6 is 0 Å². The first-order valence-corrected chi connectivity index (χ1v) is 5.94. The third kappa shape index (κ3) is 2.62. The van der Waals surface area contributed by atoms with Gasteiger partial charge in [-0.2, -0.15) is 5.26 Å². The zero-order valence-corrected chi connectivity index (χ0v) is 10.2. The van der Waals surface area contributed by atoms with Crippen LogP contribution in [0.15, 0.2) is 42.3 Å². The molecule has 1 atom stereocenters. The summed E-state index contributed by atoms with van der Waals surface area (Å²) < 4.78 is 0. The molecule has 0 bridgehead atoms. The van der Waals surface area contributed by atoms with Crippen LogP contribution in [0.25, 0.3) is 0 Å². The molecule has 17 heavy (non-hydrogen) atoms. The minimum atomic E-state index is 0.360. The zero-order chi connectivity index (χ0) is 12.3. The molecular formula is C15H16N2. The van der Waals surface area contributed by atoms with E-state index in [2.05, 4.69) is 43.1 Å². The SMILES string of the molecule is CC(C)C1=CCC(c2cncc(C#N)c2)C=C1. The molecule has 1 aliphatic rings. The van der Waals surface area contributed by atoms with E-state index >= 15 is 0 Å². The Kier molecular flexibility index (Phi) is 3.39. The normalized spacial score (nSPS) is 18.9. The number of aromatic nitrogens is 1. The summed E-state index contributed by atoms with van der Waals surface area (Å²) in [5.74, 6) is 0.939. The highest BCUT2D eigenvalue weighted by atomic mass is 14.6. The van der Waals surface area contributed by atoms with Crippen LogP contribution in [0.4, 0.5) is 0 Å². The quantitative estimate of drug-likeness (QED) is 0.769. The zero-order valence-electron chi connectivity index (χ0n) is 10.2. The predicted octanol–water partition coefficient (Wildman–Crippen LogP) is 3.58. The van der Waals surface area contributed by atoms with Crippen molar-refractivity contribution in [3.05, 3.63) is 53.4 Å². The summed E-state index contributed by atoms with van der Waals surface area (Å²) in [4.78, 5) is 4.11. The maximum Gasteiger partial charge on any atom is 0.101 e. The number of allylic oxidation sites excluding steroid dienone is 4. The first kappa shape index (κ1) is 11.6. The van der Waals surface area contributed by atoms with E-state index < -0.39 is 0 Å². The van der Waals surface area contributed by atoms with Crippen LogP contribution < -0.4 is 0 Å². The monoisotopic (exact) mass is 224 g/mol. The standard InChI is InChI=1S/C15H16N2/c1-11(2)13-3-5-14(6-4-13)15-7-12(8-16)9-17-10-15/h3-5,7,9-11,14H,6H2,1-2H3. The number of pyridine rings is 1. The molecular weight excluding hydrogens is 208 g/mol. The molecule has 1 unspecified atom stereocenters. The second kappa shape index (κ2) is 4.97. The summed E-state index contributed by atoms with van der Waals surface area (Å²) in [6.45, 7) is 4.41. The van der Waals surface area contributed by atoms with Gasteiger partial charge >= 0.3 is 0 Å². The van der Waals surface area contributed by atoms with Crippen molar-refractivity contribution in [2.24, 2.45) is 5.92 Å². The van der Waals surface area contributed by atoms with Gasteiger partial charge in [-0.15, -0.1) is 0 Å². The number of hydrogen-bond donors (Lipinski definition) is 0. The lowest BCUT2D eigenvalue weighted by Gasteiger charge is -2.18. The molecule has 0 aliphatic heterocycles. The van der Waals surface area contributed by atoms with Gasteiger partial charge in [0.05, 0.1) is 5.56 Å². The average molecular weight is 224 g/mol. The maximum atomic E-state index is 8.86. The van der Waals surface area contributed by atoms with Crippen LogP contribution in [0.2, 0.25) is 0 Å². The molecule has 0 amide bonds. The number of nitriles is 1. The number of hydrogen-bond acceptors (Lipinski definition) is 2. The summed E-state index contributed by atoms with van der Waals surface area (Å²) in [5, 5.41) is 8.86. The third-order valence-corrected chi connectivity index (χ3v) is 3.11. The van der Waals surface area contributed by atoms with E-state index in [-0.39, 0.29) is 0 Å². The van der Waals surface area contributed by atoms with Crippen molar-refractivity contribution >= 4 is 0 Å². The van der Waals surface area contributed by atoms with Crippen molar-refractivity contribution in [2.75, 3.05) is 0 Å². The Morgan fingerprint density at radius 1 is 1.41 bits per heavy atom. The minimum absolute atomic E-state index is 0.360. The van der Waals surface area contributed by atoms with Gasteiger partial charge in [0.25, 0.3) is 0 Å². The number of rotatable bonds is 2. The Balaban J connectivity index is 2.17. The second-order valence-corrected chi connectivity index (χ2v) is 4.68. The fourth-order valence-corrected chi connectivity index (χ4v) is 2.03. The average Bonchev–Trinajstić information content (AvgIpc) is 2.39. The van der Waals surface area contributed by atoms with Crippen molar-refractivity contribution in [3.8, 4) is 6.07 Å². The molecule has 0 N–H and O–H groups in total. The molecule has 0 radical (unpaired) electrons. The number of nitrogens with zero attached hydrogens (tertiary/aromatic N) is 2. The van der Waals surface area contributed by atoms with Crippen LogP contribution in [0, 0.1) is 17.2 Å². The van der Waals surface area contributed by atoms with Gasteiger partial charge < -0.3 is 0 Å². The Bertz CT molecular complexity index is 504. The van der Waals surface area contributed by atoms with E-state index in [9.17, 15) is 0 Å². The molecule has 0 spiro atoms. The Labute approximate surface area is 102 Å². The van der Waals surface area contributed by atoms with Gasteiger partial charge in [0.2, 0.25) is 0 Å². The van der Waals surface area contributed by atoms with E-state index in [1.165, 1.54) is 5.57 Å². The molecule has 86 valence electrons. The van der Waals surface area contributed by atoms with Crippen LogP contribution in [0.1, 0.15) is 37.3 Å². The first-order chi connectivity index (χ1) is 8.20. The van der Waals surface area contributed by atoms with Crippen LogP contribution in [0.5, 0.6) is 0 Å². The summed E-state index contributed by atoms with van der Waals surface area (Å²) in [5.41, 5.74) is 3.15. The molecule has 0 fully saturated rings. The lowest BCUT2D eigenvalue weighted by molar-refractivity contribution is 0.750. The molecule has 0 aromatic carbocycles. The van der Waals surface area contributed by atoms with Gasteiger partial charge in [0.1, 0.15) is 6.07 Å². The fraction of sp³-hybridized carbons (Fsp3) is 0.333. The van der Waals surface area contributed by atoms with Gasteiger partial charge in [-0.1, -0.05) is 32.1 Å². The van der Waals surface area contributed by atoms with Crippen molar-refractivity contribution in [2.45, 2.75) is 26.2 Å². The van der Waals surface area contributed by atoms with Gasteiger partial charge in [0, 0.05) is 18.3 Å². The second-order valence-electron chi connectivity index (χ2n) is 4.68. The van der Waals surface area contributed by atoms with Crippen LogP contribution in [-0.2, 0) is 0 Å². The lowest BCUT2D eigenvalue weighted by Crippen LogP contribution is -2.02. The van der Waals surface area contributed by atoms with Gasteiger partial charge in [0.15, 0.2) is 0 Å². The van der Waals surface area contributed by atoms with Crippen molar-refractivity contribution in [1.29, 1.82) is 5.26 Å². The smallest absolute Gasteiger partial charge is 0.101 e. The molecule has 1 heterocycles. The van der Waals surface area contributed by atoms with Gasteiger partial charge in [-0.05, 0) is 29.5 Å². The summed E-state index contributed by atoms with van der Waals surface area (Å²) in [6.07, 6.45) is 11.1. The first-order valence-electron chi connectivity index (χ1n) is 5.94. The van der Waals surface area contributed by atoms with E-state index in [0.717, 1.165) is 12.0 Å². The van der Waals surface area contributed by atoms with Gasteiger partial charge in [-0.25, -0.2) is 0 Å². The van der Waals surface area contributed by atoms with Gasteiger partial charge in [-0.3, -0.25) is 4.98 Å². The van der Waals surface area contributed by atoms with E-state index in [4.69, 9.17) is 5.26 Å². The van der Waals surface area contributed by atoms with E-state index in [0.29, 0.717) is 17.4 Å². The van der Waals surface area contributed by atoms with Crippen LogP contribution in [-0.4, -0.2) is 4.98 Å². The topological polar surface area (TPSA) is 36.7 Å². The minimum Gasteiger partial charge on any atom is -0.263 e. The van der Waals surface area contributed by atoms with Crippen molar-refractivity contribution in [1.82, 2.24) is 4.98 Å². The molecule has 2 heteroatoms. The molecule has 2 rings (SSSR count). The highest BCUT2D eigenvalue weighted by Gasteiger charge is 2.13. The Morgan fingerprint density at radius 3 is 2.82 bits per heavy atom. The molecule has 0 saturated heterocycles. The largest absolute Gasteiger partial charge is 0.263 e. The van der Waals surface area contributed by atoms with Crippen molar-refractivity contribution in [3.63, 3.8) is 0 Å². The molecule has 2 nitrogen and oxygen atoms in total. The van der Waals surface area contributed by atoms with E-state index in [1.807, 2.05) is 12.3 Å². The molecule has 1 aromatic heterocycles. The highest BCUT2D eigenvalue weighted by Crippen LogP contribution is 2.28. The Morgan fingerprint density at radius 2 is 2.24 bits per heavy atom. The molecule has 0 saturated carbocycles. The summed E-state index contributed by atoms with van der Waals surface area (Å²) >= 11 is 0. The molecule has 1 aliphatic carbocycles. The highest BCUT2D eigenvalue weighted by molar-refractivity contribution is 5.36. The summed E-state index contributed by atoms with van der Waals surface area (Å²) in [7, 11) is 0. The summed E-state index contributed by atoms with van der Waals surface area (Å²) in [6, 6.07) is 4.06. The Hall–Kier alpha value is -1.88. The van der Waals surface area contributed by atoms with Crippen molar-refractivity contribution < 1.29 is 0 Å². The maximum absolute atomic E-state index is 8.86. The molecule has 1 aromatic rings. The lowest BCUT2D eigenvalue weighted by atomic mass is 9.87. The van der Waals surface area contributed by atoms with E-state index in [1.54, 1.807) is 6.20 Å². The van der Waals surface area contributed by atoms with Crippen LogP contribution in [0.3, 0.4) is 0 Å². The fourth-order valence-electron chi connectivity index (χ4n) is 2.03. The third-order valence-electron chi connectivity index (χ3n) is 3.11.